The summed E-state index contributed by atoms with van der Waals surface area (Å²) < 4.78 is 5.51. The summed E-state index contributed by atoms with van der Waals surface area (Å²) in [5, 5.41) is 19.8. The normalized spacial score (nSPS) is 11.9. The Hall–Kier alpha value is -1.73. The van der Waals surface area contributed by atoms with Crippen molar-refractivity contribution in [2.45, 2.75) is 20.3 Å². The summed E-state index contributed by atoms with van der Waals surface area (Å²) in [5.41, 5.74) is 0.664. The van der Waals surface area contributed by atoms with Crippen molar-refractivity contribution in [3.63, 3.8) is 0 Å². The van der Waals surface area contributed by atoms with Crippen molar-refractivity contribution >= 4 is 17.6 Å². The van der Waals surface area contributed by atoms with Gasteiger partial charge in [0.2, 0.25) is 0 Å². The molecular weight excluding hydrogens is 266 g/mol. The van der Waals surface area contributed by atoms with Crippen molar-refractivity contribution in [3.8, 4) is 11.8 Å². The summed E-state index contributed by atoms with van der Waals surface area (Å²) in [6, 6.07) is 6.69. The number of nitrogens with zero attached hydrogens (tertiary/aromatic N) is 1. The summed E-state index contributed by atoms with van der Waals surface area (Å²) >= 11 is 6.05. The van der Waals surface area contributed by atoms with Crippen LogP contribution in [0.25, 0.3) is 0 Å². The van der Waals surface area contributed by atoms with Crippen molar-refractivity contribution < 1.29 is 14.6 Å². The molecule has 0 radical (unpaired) electrons. The fourth-order valence-corrected chi connectivity index (χ4v) is 1.72. The van der Waals surface area contributed by atoms with E-state index in [0.29, 0.717) is 28.9 Å². The quantitative estimate of drug-likeness (QED) is 0.796. The van der Waals surface area contributed by atoms with E-state index >= 15 is 0 Å². The van der Waals surface area contributed by atoms with Gasteiger partial charge >= 0.3 is 0 Å². The lowest BCUT2D eigenvalue weighted by molar-refractivity contribution is -0.309. The van der Waals surface area contributed by atoms with Crippen LogP contribution in [0.5, 0.6) is 5.75 Å². The molecular formula is C14H15ClNO3-. The second-order valence-corrected chi connectivity index (χ2v) is 5.08. The van der Waals surface area contributed by atoms with E-state index in [-0.39, 0.29) is 6.42 Å². The number of carboxylic acids is 1. The summed E-state index contributed by atoms with van der Waals surface area (Å²) in [6.07, 6.45) is 0.0724. The van der Waals surface area contributed by atoms with E-state index in [1.165, 1.54) is 0 Å². The highest BCUT2D eigenvalue weighted by Gasteiger charge is 2.11. The monoisotopic (exact) mass is 280 g/mol. The summed E-state index contributed by atoms with van der Waals surface area (Å²) in [4.78, 5) is 10.7. The number of aliphatic carboxylic acids is 1. The van der Waals surface area contributed by atoms with Crippen LogP contribution < -0.4 is 9.84 Å². The molecule has 0 aliphatic heterocycles. The van der Waals surface area contributed by atoms with E-state index in [1.54, 1.807) is 24.3 Å². The highest BCUT2D eigenvalue weighted by Crippen LogP contribution is 2.26. The maximum Gasteiger partial charge on any atom is 0.137 e. The van der Waals surface area contributed by atoms with Crippen molar-refractivity contribution in [1.82, 2.24) is 0 Å². The molecule has 19 heavy (non-hydrogen) atoms. The lowest BCUT2D eigenvalue weighted by Gasteiger charge is -2.13. The van der Waals surface area contributed by atoms with Crippen LogP contribution in [0, 0.1) is 23.2 Å². The molecule has 1 aromatic rings. The number of nitriles is 1. The highest BCUT2D eigenvalue weighted by molar-refractivity contribution is 6.32. The van der Waals surface area contributed by atoms with E-state index < -0.39 is 11.9 Å². The highest BCUT2D eigenvalue weighted by atomic mass is 35.5. The lowest BCUT2D eigenvalue weighted by atomic mass is 10.0. The third-order valence-electron chi connectivity index (χ3n) is 2.45. The minimum absolute atomic E-state index is 0.0724. The van der Waals surface area contributed by atoms with E-state index in [0.717, 1.165) is 0 Å². The molecule has 0 heterocycles. The van der Waals surface area contributed by atoms with E-state index in [4.69, 9.17) is 21.6 Å². The average Bonchev–Trinajstić information content (AvgIpc) is 2.34. The molecule has 0 unspecified atom stereocenters. The van der Waals surface area contributed by atoms with Gasteiger partial charge in [-0.05, 0) is 30.0 Å². The first-order chi connectivity index (χ1) is 8.93. The Kier molecular flexibility index (Phi) is 5.65. The summed E-state index contributed by atoms with van der Waals surface area (Å²) in [7, 11) is 0. The molecule has 1 atom stereocenters. The summed E-state index contributed by atoms with van der Waals surface area (Å²) in [6.45, 7) is 4.61. The van der Waals surface area contributed by atoms with Gasteiger partial charge in [-0.1, -0.05) is 31.5 Å². The molecule has 0 aliphatic rings. The van der Waals surface area contributed by atoms with Crippen LogP contribution in [-0.2, 0) is 11.2 Å². The zero-order valence-corrected chi connectivity index (χ0v) is 11.6. The van der Waals surface area contributed by atoms with Crippen LogP contribution in [0.4, 0.5) is 0 Å². The second kappa shape index (κ2) is 7.01. The van der Waals surface area contributed by atoms with Crippen LogP contribution in [-0.4, -0.2) is 12.6 Å². The van der Waals surface area contributed by atoms with Gasteiger partial charge in [-0.3, -0.25) is 0 Å². The van der Waals surface area contributed by atoms with Crippen molar-refractivity contribution in [1.29, 1.82) is 5.26 Å². The molecule has 4 nitrogen and oxygen atoms in total. The van der Waals surface area contributed by atoms with Gasteiger partial charge < -0.3 is 14.6 Å². The molecule has 0 saturated carbocycles. The average molecular weight is 281 g/mol. The lowest BCUT2D eigenvalue weighted by Crippen LogP contribution is -2.31. The van der Waals surface area contributed by atoms with E-state index in [2.05, 4.69) is 0 Å². The first-order valence-corrected chi connectivity index (χ1v) is 6.33. The van der Waals surface area contributed by atoms with Crippen LogP contribution in [0.15, 0.2) is 18.2 Å². The third kappa shape index (κ3) is 4.80. The number of ether oxygens (including phenoxy) is 1. The molecule has 0 bridgehead atoms. The Morgan fingerprint density at radius 3 is 2.68 bits per heavy atom. The van der Waals surface area contributed by atoms with Crippen molar-refractivity contribution in [2.75, 3.05) is 6.61 Å². The number of benzene rings is 1. The Morgan fingerprint density at radius 2 is 2.21 bits per heavy atom. The Labute approximate surface area is 117 Å². The van der Waals surface area contributed by atoms with Crippen molar-refractivity contribution in [3.05, 3.63) is 28.8 Å². The van der Waals surface area contributed by atoms with E-state index in [9.17, 15) is 9.90 Å². The number of carbonyl (C=O) groups excluding carboxylic acids is 1. The second-order valence-electron chi connectivity index (χ2n) is 4.67. The van der Waals surface area contributed by atoms with Crippen LogP contribution in [0.1, 0.15) is 19.4 Å². The molecule has 0 amide bonds. The minimum Gasteiger partial charge on any atom is -0.549 e. The zero-order chi connectivity index (χ0) is 14.4. The topological polar surface area (TPSA) is 73.1 Å². The molecule has 0 saturated heterocycles. The van der Waals surface area contributed by atoms with Gasteiger partial charge in [-0.25, -0.2) is 0 Å². The molecule has 5 heteroatoms. The third-order valence-corrected chi connectivity index (χ3v) is 2.74. The fourth-order valence-electron chi connectivity index (χ4n) is 1.46. The minimum atomic E-state index is -1.38. The largest absolute Gasteiger partial charge is 0.549 e. The van der Waals surface area contributed by atoms with Crippen LogP contribution in [0.3, 0.4) is 0 Å². The predicted octanol–water partition coefficient (Wildman–Crippen LogP) is 1.81. The maximum absolute atomic E-state index is 10.7. The van der Waals surface area contributed by atoms with Gasteiger partial charge in [-0.15, -0.1) is 0 Å². The number of carbonyl (C=O) groups is 1. The van der Waals surface area contributed by atoms with Crippen LogP contribution in [0.2, 0.25) is 5.02 Å². The van der Waals surface area contributed by atoms with E-state index in [1.807, 2.05) is 13.8 Å². The summed E-state index contributed by atoms with van der Waals surface area (Å²) in [5.74, 6) is -1.60. The molecule has 0 fully saturated rings. The van der Waals surface area contributed by atoms with Gasteiger partial charge in [0.25, 0.3) is 0 Å². The first kappa shape index (κ1) is 15.3. The molecule has 0 N–H and O–H groups in total. The molecule has 1 rings (SSSR count). The Bertz CT molecular complexity index is 494. The fraction of sp³-hybridized carbons (Fsp3) is 0.429. The Morgan fingerprint density at radius 1 is 1.53 bits per heavy atom. The van der Waals surface area contributed by atoms with Crippen molar-refractivity contribution in [2.24, 2.45) is 11.8 Å². The standard InChI is InChI=1S/C14H16ClNO3/c1-9(2)8-19-13-4-3-10(6-12(13)15)5-11(7-16)14(17)18/h3-4,6,9,11H,5,8H2,1-2H3,(H,17,18)/p-1/t11-/m0/s1. The zero-order valence-electron chi connectivity index (χ0n) is 10.9. The SMILES string of the molecule is CC(C)COc1ccc(C[C@@H](C#N)C(=O)[O-])cc1Cl. The number of halogens is 1. The van der Waals surface area contributed by atoms with Gasteiger partial charge in [-0.2, -0.15) is 5.26 Å². The molecule has 0 spiro atoms. The van der Waals surface area contributed by atoms with Gasteiger partial charge in [0.1, 0.15) is 5.75 Å². The number of hydrogen-bond donors (Lipinski definition) is 0. The first-order valence-electron chi connectivity index (χ1n) is 5.95. The predicted molar refractivity (Wildman–Crippen MR) is 69.6 cm³/mol. The van der Waals surface area contributed by atoms with Crippen LogP contribution >= 0.6 is 11.6 Å². The molecule has 0 aliphatic carbocycles. The van der Waals surface area contributed by atoms with Gasteiger partial charge in [0.15, 0.2) is 0 Å². The smallest absolute Gasteiger partial charge is 0.137 e. The maximum atomic E-state index is 10.7. The van der Waals surface area contributed by atoms with Gasteiger partial charge in [0.05, 0.1) is 29.6 Å². The Balaban J connectivity index is 2.77. The molecule has 102 valence electrons. The number of carboxylic acid groups (broad SMARTS) is 1. The number of rotatable bonds is 6. The number of hydrogen-bond acceptors (Lipinski definition) is 4. The molecule has 1 aromatic carbocycles. The van der Waals surface area contributed by atoms with Gasteiger partial charge in [0, 0.05) is 0 Å². The molecule has 0 aromatic heterocycles.